The number of nitrogens with one attached hydrogen (secondary N) is 2. The van der Waals surface area contributed by atoms with Crippen LogP contribution < -0.4 is 15.5 Å². The average Bonchev–Trinajstić information content (AvgIpc) is 3.04. The van der Waals surface area contributed by atoms with Crippen molar-refractivity contribution in [3.05, 3.63) is 99.4 Å². The zero-order valence-electron chi connectivity index (χ0n) is 18.7. The first-order chi connectivity index (χ1) is 16.7. The first kappa shape index (κ1) is 24.4. The SMILES string of the molecule is CC(C)c1ccc(NC(=O)c2cccc(NC3=C(Cl)C(=O)N(c4ccc(F)c(Cl)c4)C3=O)c2)cc1. The van der Waals surface area contributed by atoms with Crippen LogP contribution in [0.1, 0.15) is 35.7 Å². The van der Waals surface area contributed by atoms with Crippen LogP contribution in [0.5, 0.6) is 0 Å². The maximum atomic E-state index is 13.5. The molecular formula is C26H20Cl2FN3O3. The van der Waals surface area contributed by atoms with Crippen molar-refractivity contribution in [3.8, 4) is 0 Å². The van der Waals surface area contributed by atoms with E-state index in [1.807, 2.05) is 24.3 Å². The molecule has 0 bridgehead atoms. The Kier molecular flexibility index (Phi) is 6.91. The van der Waals surface area contributed by atoms with E-state index in [0.717, 1.165) is 16.5 Å². The van der Waals surface area contributed by atoms with Crippen LogP contribution in [0, 0.1) is 5.82 Å². The molecule has 2 N–H and O–H groups in total. The van der Waals surface area contributed by atoms with Gasteiger partial charge in [0.05, 0.1) is 10.7 Å². The third-order valence-electron chi connectivity index (χ3n) is 5.42. The van der Waals surface area contributed by atoms with Crippen molar-refractivity contribution < 1.29 is 18.8 Å². The van der Waals surface area contributed by atoms with Gasteiger partial charge in [-0.15, -0.1) is 0 Å². The smallest absolute Gasteiger partial charge is 0.283 e. The molecule has 0 atom stereocenters. The minimum atomic E-state index is -0.777. The summed E-state index contributed by atoms with van der Waals surface area (Å²) in [6, 6.07) is 17.4. The third kappa shape index (κ3) is 5.06. The molecule has 0 aromatic heterocycles. The average molecular weight is 512 g/mol. The van der Waals surface area contributed by atoms with Gasteiger partial charge in [-0.2, -0.15) is 0 Å². The van der Waals surface area contributed by atoms with E-state index in [2.05, 4.69) is 24.5 Å². The molecule has 6 nitrogen and oxygen atoms in total. The van der Waals surface area contributed by atoms with Crippen molar-refractivity contribution in [3.63, 3.8) is 0 Å². The van der Waals surface area contributed by atoms with Crippen molar-refractivity contribution in [1.82, 2.24) is 0 Å². The molecule has 0 fully saturated rings. The summed E-state index contributed by atoms with van der Waals surface area (Å²) in [7, 11) is 0. The fourth-order valence-electron chi connectivity index (χ4n) is 3.51. The van der Waals surface area contributed by atoms with E-state index in [4.69, 9.17) is 23.2 Å². The second-order valence-corrected chi connectivity index (χ2v) is 8.95. The second-order valence-electron chi connectivity index (χ2n) is 8.17. The highest BCUT2D eigenvalue weighted by Crippen LogP contribution is 2.32. The molecule has 35 heavy (non-hydrogen) atoms. The zero-order valence-corrected chi connectivity index (χ0v) is 20.2. The normalized spacial score (nSPS) is 13.6. The highest BCUT2D eigenvalue weighted by Gasteiger charge is 2.39. The number of rotatable bonds is 6. The van der Waals surface area contributed by atoms with E-state index in [0.29, 0.717) is 22.9 Å². The van der Waals surface area contributed by atoms with Gasteiger partial charge in [0.1, 0.15) is 16.5 Å². The van der Waals surface area contributed by atoms with Crippen LogP contribution in [0.4, 0.5) is 21.5 Å². The Bertz CT molecular complexity index is 1370. The molecule has 3 aromatic carbocycles. The van der Waals surface area contributed by atoms with Gasteiger partial charge in [-0.3, -0.25) is 14.4 Å². The molecule has 1 aliphatic rings. The number of amides is 3. The van der Waals surface area contributed by atoms with Crippen LogP contribution >= 0.6 is 23.2 Å². The van der Waals surface area contributed by atoms with E-state index in [9.17, 15) is 18.8 Å². The van der Waals surface area contributed by atoms with Gasteiger partial charge in [0, 0.05) is 16.9 Å². The van der Waals surface area contributed by atoms with Crippen LogP contribution in [0.25, 0.3) is 0 Å². The lowest BCUT2D eigenvalue weighted by Crippen LogP contribution is -2.32. The Labute approximate surface area is 211 Å². The number of hydrogen-bond donors (Lipinski definition) is 2. The lowest BCUT2D eigenvalue weighted by atomic mass is 10.0. The summed E-state index contributed by atoms with van der Waals surface area (Å²) in [5.74, 6) is -2.16. The van der Waals surface area contributed by atoms with Crippen molar-refractivity contribution in [1.29, 1.82) is 0 Å². The number of hydrogen-bond acceptors (Lipinski definition) is 4. The van der Waals surface area contributed by atoms with Gasteiger partial charge < -0.3 is 10.6 Å². The highest BCUT2D eigenvalue weighted by atomic mass is 35.5. The molecule has 1 heterocycles. The molecule has 3 aromatic rings. The number of benzene rings is 3. The number of anilines is 3. The monoisotopic (exact) mass is 511 g/mol. The summed E-state index contributed by atoms with van der Waals surface area (Å²) in [6.45, 7) is 4.18. The van der Waals surface area contributed by atoms with E-state index >= 15 is 0 Å². The van der Waals surface area contributed by atoms with Gasteiger partial charge in [0.15, 0.2) is 0 Å². The first-order valence-corrected chi connectivity index (χ1v) is 11.4. The van der Waals surface area contributed by atoms with Gasteiger partial charge in [-0.1, -0.05) is 55.2 Å². The van der Waals surface area contributed by atoms with Gasteiger partial charge in [-0.05, 0) is 60.0 Å². The van der Waals surface area contributed by atoms with Gasteiger partial charge >= 0.3 is 0 Å². The Morgan fingerprint density at radius 2 is 1.63 bits per heavy atom. The first-order valence-electron chi connectivity index (χ1n) is 10.7. The van der Waals surface area contributed by atoms with Crippen molar-refractivity contribution in [2.24, 2.45) is 0 Å². The summed E-state index contributed by atoms with van der Waals surface area (Å²) in [6.07, 6.45) is 0. The number of imide groups is 1. The Hall–Kier alpha value is -3.68. The van der Waals surface area contributed by atoms with Crippen LogP contribution in [0.2, 0.25) is 5.02 Å². The molecule has 0 saturated heterocycles. The van der Waals surface area contributed by atoms with E-state index in [1.165, 1.54) is 18.2 Å². The van der Waals surface area contributed by atoms with E-state index in [-0.39, 0.29) is 27.3 Å². The maximum Gasteiger partial charge on any atom is 0.283 e. The molecule has 4 rings (SSSR count). The van der Waals surface area contributed by atoms with Crippen LogP contribution in [0.15, 0.2) is 77.5 Å². The number of nitrogens with zero attached hydrogens (tertiary/aromatic N) is 1. The topological polar surface area (TPSA) is 78.5 Å². The molecule has 178 valence electrons. The lowest BCUT2D eigenvalue weighted by molar-refractivity contribution is -0.120. The summed E-state index contributed by atoms with van der Waals surface area (Å²) in [4.78, 5) is 39.1. The van der Waals surface area contributed by atoms with E-state index in [1.54, 1.807) is 18.2 Å². The lowest BCUT2D eigenvalue weighted by Gasteiger charge is -2.15. The Balaban J connectivity index is 1.51. The summed E-state index contributed by atoms with van der Waals surface area (Å²) >= 11 is 11.9. The largest absolute Gasteiger partial charge is 0.350 e. The van der Waals surface area contributed by atoms with Gasteiger partial charge in [-0.25, -0.2) is 9.29 Å². The summed E-state index contributed by atoms with van der Waals surface area (Å²) < 4.78 is 13.5. The fraction of sp³-hybridized carbons (Fsp3) is 0.115. The number of carbonyl (C=O) groups excluding carboxylic acids is 3. The van der Waals surface area contributed by atoms with Crippen molar-refractivity contribution >= 4 is 58.0 Å². The minimum Gasteiger partial charge on any atom is -0.350 e. The quantitative estimate of drug-likeness (QED) is 0.381. The molecule has 1 aliphatic heterocycles. The maximum absolute atomic E-state index is 13.5. The third-order valence-corrected chi connectivity index (χ3v) is 6.06. The molecule has 3 amide bonds. The standard InChI is InChI=1S/C26H20Cl2FN3O3/c1-14(2)15-6-8-17(9-7-15)31-24(33)16-4-3-5-18(12-16)30-23-22(28)25(34)32(26(23)35)19-10-11-21(29)20(27)13-19/h3-14,30H,1-2H3,(H,31,33). The Morgan fingerprint density at radius 3 is 2.29 bits per heavy atom. The molecule has 0 unspecified atom stereocenters. The number of carbonyl (C=O) groups is 3. The molecule has 0 saturated carbocycles. The molecule has 0 radical (unpaired) electrons. The molecule has 0 spiro atoms. The highest BCUT2D eigenvalue weighted by molar-refractivity contribution is 6.53. The summed E-state index contributed by atoms with van der Waals surface area (Å²) in [5.41, 5.74) is 2.43. The van der Waals surface area contributed by atoms with Crippen molar-refractivity contribution in [2.45, 2.75) is 19.8 Å². The minimum absolute atomic E-state index is 0.0814. The molecular weight excluding hydrogens is 492 g/mol. The van der Waals surface area contributed by atoms with Crippen LogP contribution in [-0.4, -0.2) is 17.7 Å². The zero-order chi connectivity index (χ0) is 25.3. The van der Waals surface area contributed by atoms with Crippen molar-refractivity contribution in [2.75, 3.05) is 15.5 Å². The predicted octanol–water partition coefficient (Wildman–Crippen LogP) is 6.29. The summed E-state index contributed by atoms with van der Waals surface area (Å²) in [5, 5.41) is 5.08. The van der Waals surface area contributed by atoms with E-state index < -0.39 is 17.6 Å². The molecule has 0 aliphatic carbocycles. The second kappa shape index (κ2) is 9.90. The Morgan fingerprint density at radius 1 is 0.914 bits per heavy atom. The van der Waals surface area contributed by atoms with Crippen LogP contribution in [-0.2, 0) is 9.59 Å². The molecule has 9 heteroatoms. The van der Waals surface area contributed by atoms with Gasteiger partial charge in [0.25, 0.3) is 17.7 Å². The predicted molar refractivity (Wildman–Crippen MR) is 135 cm³/mol. The fourth-order valence-corrected chi connectivity index (χ4v) is 3.89. The number of halogens is 3. The van der Waals surface area contributed by atoms with Gasteiger partial charge in [0.2, 0.25) is 0 Å². The van der Waals surface area contributed by atoms with Crippen LogP contribution in [0.3, 0.4) is 0 Å².